The van der Waals surface area contributed by atoms with Gasteiger partial charge in [0.25, 0.3) is 0 Å². The molecule has 0 aromatic carbocycles. The third kappa shape index (κ3) is 2.36. The van der Waals surface area contributed by atoms with Crippen molar-refractivity contribution in [2.75, 3.05) is 18.0 Å². The number of nitrogens with zero attached hydrogens (tertiary/aromatic N) is 2. The number of hydrogen-bond acceptors (Lipinski definition) is 3. The first-order valence-corrected chi connectivity index (χ1v) is 5.84. The Morgan fingerprint density at radius 2 is 2.31 bits per heavy atom. The van der Waals surface area contributed by atoms with Crippen LogP contribution >= 0.6 is 11.6 Å². The van der Waals surface area contributed by atoms with E-state index in [1.54, 1.807) is 0 Å². The zero-order chi connectivity index (χ0) is 11.5. The van der Waals surface area contributed by atoms with Crippen molar-refractivity contribution in [3.8, 4) is 0 Å². The van der Waals surface area contributed by atoms with E-state index in [0.29, 0.717) is 11.6 Å². The molecule has 2 heterocycles. The largest absolute Gasteiger partial charge is 0.353 e. The lowest BCUT2D eigenvalue weighted by molar-refractivity contribution is 0.771. The van der Waals surface area contributed by atoms with Gasteiger partial charge in [0.05, 0.1) is 10.7 Å². The van der Waals surface area contributed by atoms with Crippen LogP contribution in [0, 0.1) is 0 Å². The molecule has 0 bridgehead atoms. The quantitative estimate of drug-likeness (QED) is 0.803. The van der Waals surface area contributed by atoms with Gasteiger partial charge in [-0.1, -0.05) is 23.3 Å². The van der Waals surface area contributed by atoms with Crippen LogP contribution in [0.1, 0.15) is 19.0 Å². The topological polar surface area (TPSA) is 42.1 Å². The molecule has 4 heteroatoms. The molecule has 1 aliphatic heterocycles. The minimum absolute atomic E-state index is 0.384. The van der Waals surface area contributed by atoms with E-state index in [0.717, 1.165) is 31.0 Å². The Hall–Kier alpha value is -1.06. The van der Waals surface area contributed by atoms with Crippen molar-refractivity contribution in [3.05, 3.63) is 34.5 Å². The monoisotopic (exact) mass is 237 g/mol. The smallest absolute Gasteiger partial charge is 0.129 e. The minimum Gasteiger partial charge on any atom is -0.353 e. The summed E-state index contributed by atoms with van der Waals surface area (Å²) in [5.41, 5.74) is 7.81. The third-order valence-electron chi connectivity index (χ3n) is 2.86. The molecular weight excluding hydrogens is 222 g/mol. The van der Waals surface area contributed by atoms with E-state index in [4.69, 9.17) is 17.3 Å². The summed E-state index contributed by atoms with van der Waals surface area (Å²) < 4.78 is 0. The van der Waals surface area contributed by atoms with Gasteiger partial charge in [-0.25, -0.2) is 4.98 Å². The van der Waals surface area contributed by atoms with Gasteiger partial charge in [0.1, 0.15) is 5.82 Å². The predicted molar refractivity (Wildman–Crippen MR) is 67.7 cm³/mol. The lowest BCUT2D eigenvalue weighted by atomic mass is 10.1. The van der Waals surface area contributed by atoms with Gasteiger partial charge < -0.3 is 10.6 Å². The van der Waals surface area contributed by atoms with E-state index in [2.05, 4.69) is 22.9 Å². The molecule has 3 nitrogen and oxygen atoms in total. The van der Waals surface area contributed by atoms with Gasteiger partial charge in [0, 0.05) is 19.6 Å². The standard InChI is InChI=1S/C12H16ClN3/c1-9-4-6-16(7-5-9)12-3-2-10(13)11(8-14)15-12/h2-4H,5-8,14H2,1H3. The van der Waals surface area contributed by atoms with Crippen molar-refractivity contribution in [3.63, 3.8) is 0 Å². The molecule has 0 fully saturated rings. The number of pyridine rings is 1. The van der Waals surface area contributed by atoms with E-state index in [-0.39, 0.29) is 0 Å². The number of nitrogens with two attached hydrogens (primary N) is 1. The van der Waals surface area contributed by atoms with Crippen LogP contribution in [-0.2, 0) is 6.54 Å². The maximum atomic E-state index is 5.99. The van der Waals surface area contributed by atoms with Crippen molar-refractivity contribution < 1.29 is 0 Å². The van der Waals surface area contributed by atoms with Gasteiger partial charge in [-0.2, -0.15) is 0 Å². The summed E-state index contributed by atoms with van der Waals surface area (Å²) in [6, 6.07) is 3.83. The second-order valence-corrected chi connectivity index (χ2v) is 4.46. The van der Waals surface area contributed by atoms with Crippen molar-refractivity contribution in [1.82, 2.24) is 4.98 Å². The summed E-state index contributed by atoms with van der Waals surface area (Å²) in [4.78, 5) is 6.72. The lowest BCUT2D eigenvalue weighted by Gasteiger charge is -2.26. The summed E-state index contributed by atoms with van der Waals surface area (Å²) in [5.74, 6) is 0.966. The molecule has 0 amide bonds. The SMILES string of the molecule is CC1=CCN(c2ccc(Cl)c(CN)n2)CC1. The second-order valence-electron chi connectivity index (χ2n) is 4.05. The van der Waals surface area contributed by atoms with Gasteiger partial charge in [0.15, 0.2) is 0 Å². The highest BCUT2D eigenvalue weighted by Crippen LogP contribution is 2.21. The first-order chi connectivity index (χ1) is 7.70. The predicted octanol–water partition coefficient (Wildman–Crippen LogP) is 2.35. The van der Waals surface area contributed by atoms with Crippen LogP contribution < -0.4 is 10.6 Å². The molecule has 0 unspecified atom stereocenters. The lowest BCUT2D eigenvalue weighted by Crippen LogP contribution is -2.29. The molecule has 86 valence electrons. The van der Waals surface area contributed by atoms with E-state index < -0.39 is 0 Å². The maximum Gasteiger partial charge on any atom is 0.129 e. The molecule has 0 saturated heterocycles. The molecule has 0 saturated carbocycles. The van der Waals surface area contributed by atoms with Crippen LogP contribution in [-0.4, -0.2) is 18.1 Å². The van der Waals surface area contributed by atoms with Gasteiger partial charge in [-0.3, -0.25) is 0 Å². The van der Waals surface area contributed by atoms with Crippen molar-refractivity contribution in [2.45, 2.75) is 19.9 Å². The van der Waals surface area contributed by atoms with Gasteiger partial charge in [-0.05, 0) is 25.5 Å². The average molecular weight is 238 g/mol. The fourth-order valence-corrected chi connectivity index (χ4v) is 1.95. The summed E-state index contributed by atoms with van der Waals surface area (Å²) in [6.07, 6.45) is 3.34. The van der Waals surface area contributed by atoms with E-state index >= 15 is 0 Å². The highest BCUT2D eigenvalue weighted by molar-refractivity contribution is 6.31. The van der Waals surface area contributed by atoms with Crippen LogP contribution in [0.15, 0.2) is 23.8 Å². The Balaban J connectivity index is 2.21. The van der Waals surface area contributed by atoms with E-state index in [9.17, 15) is 0 Å². The molecule has 2 rings (SSSR count). The van der Waals surface area contributed by atoms with Gasteiger partial charge >= 0.3 is 0 Å². The number of halogens is 1. The normalized spacial score (nSPS) is 16.2. The highest BCUT2D eigenvalue weighted by atomic mass is 35.5. The zero-order valence-corrected chi connectivity index (χ0v) is 10.2. The summed E-state index contributed by atoms with van der Waals surface area (Å²) >= 11 is 5.99. The first kappa shape index (κ1) is 11.4. The highest BCUT2D eigenvalue weighted by Gasteiger charge is 2.12. The Kier molecular flexibility index (Phi) is 3.46. The molecule has 16 heavy (non-hydrogen) atoms. The molecule has 0 spiro atoms. The fraction of sp³-hybridized carbons (Fsp3) is 0.417. The van der Waals surface area contributed by atoms with Crippen LogP contribution in [0.25, 0.3) is 0 Å². The summed E-state index contributed by atoms with van der Waals surface area (Å²) in [6.45, 7) is 4.48. The van der Waals surface area contributed by atoms with Crippen LogP contribution in [0.2, 0.25) is 5.02 Å². The van der Waals surface area contributed by atoms with Crippen molar-refractivity contribution in [2.24, 2.45) is 5.73 Å². The molecule has 0 aliphatic carbocycles. The first-order valence-electron chi connectivity index (χ1n) is 5.47. The number of hydrogen-bond donors (Lipinski definition) is 1. The Labute approximate surface area is 101 Å². The molecule has 1 aliphatic rings. The molecule has 1 aromatic heterocycles. The second kappa shape index (κ2) is 4.85. The summed E-state index contributed by atoms with van der Waals surface area (Å²) in [7, 11) is 0. The van der Waals surface area contributed by atoms with Gasteiger partial charge in [-0.15, -0.1) is 0 Å². The molecule has 1 aromatic rings. The Bertz CT molecular complexity index is 415. The van der Waals surface area contributed by atoms with Gasteiger partial charge in [0.2, 0.25) is 0 Å². The number of anilines is 1. The zero-order valence-electron chi connectivity index (χ0n) is 9.41. The maximum absolute atomic E-state index is 5.99. The Morgan fingerprint density at radius 3 is 2.94 bits per heavy atom. The minimum atomic E-state index is 0.384. The fourth-order valence-electron chi connectivity index (χ4n) is 1.77. The van der Waals surface area contributed by atoms with E-state index in [1.165, 1.54) is 5.57 Å². The van der Waals surface area contributed by atoms with Crippen molar-refractivity contribution in [1.29, 1.82) is 0 Å². The average Bonchev–Trinajstić information content (AvgIpc) is 2.31. The summed E-state index contributed by atoms with van der Waals surface area (Å²) in [5, 5.41) is 0.648. The number of rotatable bonds is 2. The van der Waals surface area contributed by atoms with E-state index in [1.807, 2.05) is 12.1 Å². The molecular formula is C12H16ClN3. The molecule has 0 radical (unpaired) electrons. The van der Waals surface area contributed by atoms with Crippen molar-refractivity contribution >= 4 is 17.4 Å². The number of aromatic nitrogens is 1. The Morgan fingerprint density at radius 1 is 1.50 bits per heavy atom. The molecule has 0 atom stereocenters. The van der Waals surface area contributed by atoms with Crippen LogP contribution in [0.5, 0.6) is 0 Å². The van der Waals surface area contributed by atoms with Crippen LogP contribution in [0.4, 0.5) is 5.82 Å². The third-order valence-corrected chi connectivity index (χ3v) is 3.20. The molecule has 2 N–H and O–H groups in total. The van der Waals surface area contributed by atoms with Crippen LogP contribution in [0.3, 0.4) is 0 Å².